The molecule has 0 fully saturated rings. The van der Waals surface area contributed by atoms with E-state index >= 15 is 0 Å². The first-order valence-electron chi connectivity index (χ1n) is 8.23. The van der Waals surface area contributed by atoms with Gasteiger partial charge in [-0.25, -0.2) is 12.8 Å². The Morgan fingerprint density at radius 3 is 2.54 bits per heavy atom. The summed E-state index contributed by atoms with van der Waals surface area (Å²) in [6, 6.07) is 13.5. The number of amides is 1. The van der Waals surface area contributed by atoms with Crippen molar-refractivity contribution < 1.29 is 27.1 Å². The molecule has 9 heteroatoms. The molecule has 0 aliphatic rings. The molecule has 1 amide bonds. The zero-order valence-electron chi connectivity index (χ0n) is 14.5. The molecule has 3 rings (SSSR count). The van der Waals surface area contributed by atoms with Crippen LogP contribution in [0.15, 0.2) is 76.2 Å². The van der Waals surface area contributed by atoms with E-state index in [1.807, 2.05) is 0 Å². The van der Waals surface area contributed by atoms with Crippen molar-refractivity contribution in [1.82, 2.24) is 5.32 Å². The van der Waals surface area contributed by atoms with Crippen LogP contribution in [0.5, 0.6) is 0 Å². The van der Waals surface area contributed by atoms with E-state index in [2.05, 4.69) is 10.0 Å². The molecule has 0 saturated heterocycles. The largest absolute Gasteiger partial charge is 0.467 e. The molecule has 1 heterocycles. The van der Waals surface area contributed by atoms with E-state index in [4.69, 9.17) is 4.42 Å². The van der Waals surface area contributed by atoms with Gasteiger partial charge in [0.05, 0.1) is 17.7 Å². The van der Waals surface area contributed by atoms with Crippen LogP contribution in [0.25, 0.3) is 0 Å². The van der Waals surface area contributed by atoms with Crippen molar-refractivity contribution >= 4 is 21.6 Å². The van der Waals surface area contributed by atoms with Crippen LogP contribution in [0.2, 0.25) is 0 Å². The number of sulfonamides is 1. The minimum atomic E-state index is -3.97. The molecular formula is C19H17FN2O5S. The van der Waals surface area contributed by atoms with Gasteiger partial charge in [-0.15, -0.1) is 0 Å². The van der Waals surface area contributed by atoms with E-state index in [-0.39, 0.29) is 22.7 Å². The van der Waals surface area contributed by atoms with Gasteiger partial charge in [0.2, 0.25) is 0 Å². The monoisotopic (exact) mass is 404 g/mol. The van der Waals surface area contributed by atoms with Crippen molar-refractivity contribution in [3.8, 4) is 0 Å². The van der Waals surface area contributed by atoms with E-state index in [1.54, 1.807) is 12.1 Å². The average molecular weight is 404 g/mol. The maximum absolute atomic E-state index is 13.0. The SMILES string of the molecule is O=C(NCC(O)c1ccco1)c1cccc(S(=O)(=O)Nc2ccc(F)cc2)c1. The topological polar surface area (TPSA) is 109 Å². The minimum absolute atomic E-state index is 0.100. The number of anilines is 1. The highest BCUT2D eigenvalue weighted by molar-refractivity contribution is 7.92. The van der Waals surface area contributed by atoms with Crippen LogP contribution in [0.1, 0.15) is 22.2 Å². The molecule has 1 atom stereocenters. The van der Waals surface area contributed by atoms with Crippen LogP contribution in [-0.4, -0.2) is 26.0 Å². The predicted molar refractivity (Wildman–Crippen MR) is 99.7 cm³/mol. The molecule has 0 bridgehead atoms. The second-order valence-corrected chi connectivity index (χ2v) is 7.56. The molecule has 1 unspecified atom stereocenters. The zero-order valence-corrected chi connectivity index (χ0v) is 15.3. The van der Waals surface area contributed by atoms with Crippen molar-refractivity contribution in [3.05, 3.63) is 84.1 Å². The predicted octanol–water partition coefficient (Wildman–Crippen LogP) is 2.68. The maximum Gasteiger partial charge on any atom is 0.261 e. The molecule has 7 nitrogen and oxygen atoms in total. The number of rotatable bonds is 7. The molecule has 2 aromatic carbocycles. The number of furan rings is 1. The third kappa shape index (κ3) is 4.76. The summed E-state index contributed by atoms with van der Waals surface area (Å²) >= 11 is 0. The van der Waals surface area contributed by atoms with E-state index in [0.717, 1.165) is 12.1 Å². The van der Waals surface area contributed by atoms with Crippen LogP contribution in [0, 0.1) is 5.82 Å². The van der Waals surface area contributed by atoms with Gasteiger partial charge in [-0.2, -0.15) is 0 Å². The molecule has 0 aliphatic carbocycles. The molecule has 0 aliphatic heterocycles. The van der Waals surface area contributed by atoms with Gasteiger partial charge in [0.1, 0.15) is 17.7 Å². The Bertz CT molecular complexity index is 1050. The van der Waals surface area contributed by atoms with Crippen LogP contribution >= 0.6 is 0 Å². The lowest BCUT2D eigenvalue weighted by atomic mass is 10.2. The Hall–Kier alpha value is -3.17. The molecule has 146 valence electrons. The van der Waals surface area contributed by atoms with Gasteiger partial charge in [0, 0.05) is 11.3 Å². The summed E-state index contributed by atoms with van der Waals surface area (Å²) in [6.45, 7) is -0.100. The van der Waals surface area contributed by atoms with Gasteiger partial charge in [0.15, 0.2) is 0 Å². The first kappa shape index (κ1) is 19.6. The van der Waals surface area contributed by atoms with Gasteiger partial charge in [-0.3, -0.25) is 9.52 Å². The number of hydrogen-bond donors (Lipinski definition) is 3. The van der Waals surface area contributed by atoms with Gasteiger partial charge in [-0.1, -0.05) is 6.07 Å². The molecule has 3 aromatic rings. The first-order chi connectivity index (χ1) is 13.3. The number of hydrogen-bond acceptors (Lipinski definition) is 5. The third-order valence-corrected chi connectivity index (χ3v) is 5.21. The lowest BCUT2D eigenvalue weighted by Gasteiger charge is -2.11. The number of aliphatic hydroxyl groups excluding tert-OH is 1. The molecule has 28 heavy (non-hydrogen) atoms. The van der Waals surface area contributed by atoms with E-state index in [0.29, 0.717) is 5.76 Å². The molecule has 0 saturated carbocycles. The number of carbonyl (C=O) groups is 1. The van der Waals surface area contributed by atoms with Crippen LogP contribution in [-0.2, 0) is 10.0 Å². The van der Waals surface area contributed by atoms with Crippen molar-refractivity contribution in [2.75, 3.05) is 11.3 Å². The molecule has 3 N–H and O–H groups in total. The summed E-state index contributed by atoms with van der Waals surface area (Å²) in [5, 5.41) is 12.4. The minimum Gasteiger partial charge on any atom is -0.467 e. The normalized spacial score (nSPS) is 12.4. The summed E-state index contributed by atoms with van der Waals surface area (Å²) in [4.78, 5) is 12.2. The van der Waals surface area contributed by atoms with Gasteiger partial charge >= 0.3 is 0 Å². The summed E-state index contributed by atoms with van der Waals surface area (Å²) < 4.78 is 45.3. The molecule has 1 aromatic heterocycles. The fraction of sp³-hybridized carbons (Fsp3) is 0.105. The van der Waals surface area contributed by atoms with Gasteiger partial charge in [0.25, 0.3) is 15.9 Å². The standard InChI is InChI=1S/C19H17FN2O5S/c20-14-6-8-15(9-7-14)22-28(25,26)16-4-1-3-13(11-16)19(24)21-12-17(23)18-5-2-10-27-18/h1-11,17,22-23H,12H2,(H,21,24). The summed E-state index contributed by atoms with van der Waals surface area (Å²) in [7, 11) is -3.97. The number of aliphatic hydroxyl groups is 1. The van der Waals surface area contributed by atoms with E-state index < -0.39 is 27.9 Å². The highest BCUT2D eigenvalue weighted by atomic mass is 32.2. The third-order valence-electron chi connectivity index (χ3n) is 3.83. The Morgan fingerprint density at radius 1 is 1.11 bits per heavy atom. The Kier molecular flexibility index (Phi) is 5.76. The van der Waals surface area contributed by atoms with Crippen LogP contribution in [0.3, 0.4) is 0 Å². The Labute approximate surface area is 160 Å². The maximum atomic E-state index is 13.0. The first-order valence-corrected chi connectivity index (χ1v) is 9.71. The van der Waals surface area contributed by atoms with Gasteiger partial charge < -0.3 is 14.8 Å². The average Bonchev–Trinajstić information content (AvgIpc) is 3.22. The Morgan fingerprint density at radius 2 is 1.86 bits per heavy atom. The van der Waals surface area contributed by atoms with Crippen molar-refractivity contribution in [2.24, 2.45) is 0 Å². The van der Waals surface area contributed by atoms with Crippen molar-refractivity contribution in [3.63, 3.8) is 0 Å². The second kappa shape index (κ2) is 8.24. The van der Waals surface area contributed by atoms with E-state index in [1.165, 1.54) is 42.7 Å². The van der Waals surface area contributed by atoms with E-state index in [9.17, 15) is 22.7 Å². The second-order valence-electron chi connectivity index (χ2n) is 5.88. The number of halogens is 1. The fourth-order valence-corrected chi connectivity index (χ4v) is 3.51. The lowest BCUT2D eigenvalue weighted by Crippen LogP contribution is -2.28. The van der Waals surface area contributed by atoms with Crippen LogP contribution in [0.4, 0.5) is 10.1 Å². The molecule has 0 spiro atoms. The van der Waals surface area contributed by atoms with Crippen molar-refractivity contribution in [2.45, 2.75) is 11.0 Å². The summed E-state index contributed by atoms with van der Waals surface area (Å²) in [5.74, 6) is -0.733. The summed E-state index contributed by atoms with van der Waals surface area (Å²) in [5.41, 5.74) is 0.298. The molecular weight excluding hydrogens is 387 g/mol. The van der Waals surface area contributed by atoms with Gasteiger partial charge in [-0.05, 0) is 54.6 Å². The zero-order chi connectivity index (χ0) is 20.1. The smallest absolute Gasteiger partial charge is 0.261 e. The highest BCUT2D eigenvalue weighted by Crippen LogP contribution is 2.18. The number of carbonyl (C=O) groups excluding carboxylic acids is 1. The fourth-order valence-electron chi connectivity index (χ4n) is 2.41. The van der Waals surface area contributed by atoms with Crippen molar-refractivity contribution in [1.29, 1.82) is 0 Å². The Balaban J connectivity index is 1.70. The quantitative estimate of drug-likeness (QED) is 0.561. The molecule has 0 radical (unpaired) electrons. The summed E-state index contributed by atoms with van der Waals surface area (Å²) in [6.07, 6.45) is 0.383. The van der Waals surface area contributed by atoms with Crippen LogP contribution < -0.4 is 10.0 Å². The highest BCUT2D eigenvalue weighted by Gasteiger charge is 2.18. The lowest BCUT2D eigenvalue weighted by molar-refractivity contribution is 0.0901. The number of nitrogens with one attached hydrogen (secondary N) is 2. The number of benzene rings is 2.